The molecule has 3 heterocycles. The van der Waals surface area contributed by atoms with Gasteiger partial charge in [0.2, 0.25) is 5.91 Å². The second kappa shape index (κ2) is 12.6. The summed E-state index contributed by atoms with van der Waals surface area (Å²) in [6.45, 7) is 8.35. The molecule has 2 aromatic rings. The predicted octanol–water partition coefficient (Wildman–Crippen LogP) is 4.64. The van der Waals surface area contributed by atoms with Gasteiger partial charge < -0.3 is 28.8 Å². The van der Waals surface area contributed by atoms with Crippen molar-refractivity contribution in [1.29, 1.82) is 0 Å². The maximum atomic E-state index is 11.9. The molecule has 0 radical (unpaired) electrons. The molecule has 1 saturated heterocycles. The fourth-order valence-electron chi connectivity index (χ4n) is 4.18. The average molecular weight is 518 g/mol. The molecule has 1 N–H and O–H groups in total. The van der Waals surface area contributed by atoms with Crippen molar-refractivity contribution in [3.8, 4) is 17.3 Å². The second-order valence-electron chi connectivity index (χ2n) is 8.48. The quantitative estimate of drug-likeness (QED) is 0.359. The summed E-state index contributed by atoms with van der Waals surface area (Å²) in [4.78, 5) is 26.5. The minimum atomic E-state index is -0.0586. The first kappa shape index (κ1) is 26.5. The van der Waals surface area contributed by atoms with Gasteiger partial charge in [0.25, 0.3) is 0 Å². The van der Waals surface area contributed by atoms with E-state index in [0.29, 0.717) is 67.0 Å². The maximum Gasteiger partial charge on any atom is 0.245 e. The van der Waals surface area contributed by atoms with E-state index in [1.165, 1.54) is 6.08 Å². The number of nitrogens with one attached hydrogen (secondary N) is 1. The van der Waals surface area contributed by atoms with E-state index in [-0.39, 0.29) is 12.0 Å². The second-order valence-corrected chi connectivity index (χ2v) is 8.48. The highest BCUT2D eigenvalue weighted by Crippen LogP contribution is 2.32. The van der Waals surface area contributed by atoms with Crippen molar-refractivity contribution in [3.63, 3.8) is 0 Å². The van der Waals surface area contributed by atoms with Gasteiger partial charge in [-0.3, -0.25) is 9.79 Å². The van der Waals surface area contributed by atoms with Gasteiger partial charge in [-0.25, -0.2) is 9.97 Å². The number of allylic oxidation sites excluding steroid dienone is 4. The van der Waals surface area contributed by atoms with Crippen LogP contribution in [0.25, 0.3) is 11.6 Å². The Bertz CT molecular complexity index is 1280. The summed E-state index contributed by atoms with van der Waals surface area (Å²) >= 11 is 0. The summed E-state index contributed by atoms with van der Waals surface area (Å²) in [6.07, 6.45) is 13.7. The molecule has 0 bridgehead atoms. The normalized spacial score (nSPS) is 17.4. The van der Waals surface area contributed by atoms with Crippen LogP contribution < -0.4 is 10.1 Å². The predicted molar refractivity (Wildman–Crippen MR) is 144 cm³/mol. The molecule has 0 aromatic carbocycles. The summed E-state index contributed by atoms with van der Waals surface area (Å²) in [5.74, 6) is 3.09. The van der Waals surface area contributed by atoms with E-state index < -0.39 is 0 Å². The molecule has 198 valence electrons. The molecule has 2 aromatic heterocycles. The van der Waals surface area contributed by atoms with Crippen LogP contribution in [0.2, 0.25) is 0 Å². The van der Waals surface area contributed by atoms with Crippen molar-refractivity contribution < 1.29 is 23.4 Å². The van der Waals surface area contributed by atoms with E-state index in [4.69, 9.17) is 18.6 Å². The van der Waals surface area contributed by atoms with E-state index in [9.17, 15) is 4.79 Å². The molecule has 10 heteroatoms. The van der Waals surface area contributed by atoms with E-state index in [1.807, 2.05) is 12.2 Å². The summed E-state index contributed by atoms with van der Waals surface area (Å²) < 4.78 is 22.9. The van der Waals surface area contributed by atoms with Gasteiger partial charge >= 0.3 is 0 Å². The van der Waals surface area contributed by atoms with Crippen LogP contribution in [-0.4, -0.2) is 60.9 Å². The van der Waals surface area contributed by atoms with Crippen molar-refractivity contribution in [2.45, 2.75) is 25.4 Å². The Balaban J connectivity index is 1.62. The lowest BCUT2D eigenvalue weighted by molar-refractivity contribution is -0.128. The molecule has 0 atom stereocenters. The van der Waals surface area contributed by atoms with Crippen LogP contribution >= 0.6 is 0 Å². The molecule has 1 amide bonds. The topological polar surface area (TPSA) is 111 Å². The van der Waals surface area contributed by atoms with E-state index in [2.05, 4.69) is 33.6 Å². The van der Waals surface area contributed by atoms with Crippen LogP contribution in [0.15, 0.2) is 93.9 Å². The van der Waals surface area contributed by atoms with Crippen LogP contribution in [0.5, 0.6) is 5.75 Å². The van der Waals surface area contributed by atoms with Gasteiger partial charge in [0.05, 0.1) is 26.7 Å². The molecular formula is C28H31N5O5. The average Bonchev–Trinajstić information content (AvgIpc) is 3.50. The summed E-state index contributed by atoms with van der Waals surface area (Å²) in [5.41, 5.74) is 1.64. The van der Waals surface area contributed by atoms with Crippen LogP contribution in [0.3, 0.4) is 0 Å². The number of furan rings is 1. The van der Waals surface area contributed by atoms with Crippen molar-refractivity contribution >= 4 is 18.4 Å². The molecule has 0 unspecified atom stereocenters. The smallest absolute Gasteiger partial charge is 0.245 e. The van der Waals surface area contributed by atoms with Crippen LogP contribution in [0.1, 0.15) is 19.3 Å². The molecule has 2 aliphatic rings. The lowest BCUT2D eigenvalue weighted by atomic mass is 10.0. The first-order chi connectivity index (χ1) is 18.6. The summed E-state index contributed by atoms with van der Waals surface area (Å²) in [5, 5.41) is 3.35. The van der Waals surface area contributed by atoms with Crippen molar-refractivity contribution in [2.24, 2.45) is 4.99 Å². The number of carbonyl (C=O) groups excluding carboxylic acids is 1. The number of carbonyl (C=O) groups is 1. The Morgan fingerprint density at radius 2 is 2.08 bits per heavy atom. The van der Waals surface area contributed by atoms with E-state index >= 15 is 0 Å². The van der Waals surface area contributed by atoms with Crippen molar-refractivity contribution in [1.82, 2.24) is 14.9 Å². The fraction of sp³-hybridized carbons (Fsp3) is 0.286. The Morgan fingerprint density at radius 1 is 1.26 bits per heavy atom. The molecule has 1 aliphatic heterocycles. The third-order valence-electron chi connectivity index (χ3n) is 6.16. The highest BCUT2D eigenvalue weighted by molar-refractivity contribution is 5.87. The Labute approximate surface area is 221 Å². The van der Waals surface area contributed by atoms with Crippen molar-refractivity contribution in [3.05, 3.63) is 84.5 Å². The van der Waals surface area contributed by atoms with Gasteiger partial charge in [-0.05, 0) is 55.1 Å². The summed E-state index contributed by atoms with van der Waals surface area (Å²) in [6, 6.07) is 3.56. The lowest BCUT2D eigenvalue weighted by Gasteiger charge is -2.32. The standard InChI is InChI=1S/C28H31N5O5/c1-5-26(34)33-14-11-20(12-15-33)38-24-17-19(8-9-22(24)35-3)21(10-13-29-2)31-28-25(36-4)18-30-27(32-28)23-7-6-16-37-23/h5-7,9-10,13,16-18,20H,1-2,8,11-12,14-15H2,3-4H3,(H,30,31,32)/b13-10-,21-19-. The highest BCUT2D eigenvalue weighted by atomic mass is 16.5. The van der Waals surface area contributed by atoms with Crippen LogP contribution in [0, 0.1) is 0 Å². The monoisotopic (exact) mass is 517 g/mol. The third-order valence-corrected chi connectivity index (χ3v) is 6.16. The van der Waals surface area contributed by atoms with Crippen LogP contribution in [-0.2, 0) is 14.3 Å². The number of hydrogen-bond acceptors (Lipinski definition) is 9. The van der Waals surface area contributed by atoms with Gasteiger partial charge in [0, 0.05) is 37.8 Å². The largest absolute Gasteiger partial charge is 0.493 e. The zero-order valence-electron chi connectivity index (χ0n) is 21.6. The molecular weight excluding hydrogens is 486 g/mol. The minimum Gasteiger partial charge on any atom is -0.493 e. The molecule has 38 heavy (non-hydrogen) atoms. The van der Waals surface area contributed by atoms with E-state index in [0.717, 1.165) is 11.3 Å². The number of methoxy groups -OCH3 is 2. The zero-order valence-corrected chi connectivity index (χ0v) is 21.6. The number of aromatic nitrogens is 2. The molecule has 0 saturated carbocycles. The van der Waals surface area contributed by atoms with Crippen molar-refractivity contribution in [2.75, 3.05) is 32.6 Å². The molecule has 10 nitrogen and oxygen atoms in total. The van der Waals surface area contributed by atoms with Gasteiger partial charge in [0.1, 0.15) is 6.10 Å². The maximum absolute atomic E-state index is 11.9. The van der Waals surface area contributed by atoms with Gasteiger partial charge in [0.15, 0.2) is 34.7 Å². The van der Waals surface area contributed by atoms with Gasteiger partial charge in [-0.1, -0.05) is 6.58 Å². The highest BCUT2D eigenvalue weighted by Gasteiger charge is 2.26. The Kier molecular flexibility index (Phi) is 8.76. The fourth-order valence-corrected chi connectivity index (χ4v) is 4.18. The first-order valence-corrected chi connectivity index (χ1v) is 12.2. The Morgan fingerprint density at radius 3 is 2.74 bits per heavy atom. The molecule has 0 spiro atoms. The number of anilines is 1. The number of rotatable bonds is 10. The number of hydrogen-bond donors (Lipinski definition) is 1. The number of aliphatic imine (C=N–C) groups is 1. The van der Waals surface area contributed by atoms with Crippen LogP contribution in [0.4, 0.5) is 5.82 Å². The third kappa shape index (κ3) is 6.20. The zero-order chi connectivity index (χ0) is 26.9. The minimum absolute atomic E-state index is 0.0485. The first-order valence-electron chi connectivity index (χ1n) is 12.2. The van der Waals surface area contributed by atoms with Gasteiger partial charge in [-0.2, -0.15) is 0 Å². The van der Waals surface area contributed by atoms with E-state index in [1.54, 1.807) is 56.0 Å². The van der Waals surface area contributed by atoms with Gasteiger partial charge in [-0.15, -0.1) is 0 Å². The number of amides is 1. The number of ether oxygens (including phenoxy) is 3. The number of piperidine rings is 1. The molecule has 1 aliphatic carbocycles. The molecule has 1 fully saturated rings. The summed E-state index contributed by atoms with van der Waals surface area (Å²) in [7, 11) is 3.17. The lowest BCUT2D eigenvalue weighted by Crippen LogP contribution is -2.40. The number of nitrogens with zero attached hydrogens (tertiary/aromatic N) is 4. The SMILES string of the molecule is C=CC(=O)N1CCC(OC2=C/C(=C(/C=C\N=C)Nc3nc(-c4ccco4)ncc3OC)CC=C2OC)CC1. The molecule has 4 rings (SSSR count). The Hall–Kier alpha value is -4.60. The number of likely N-dealkylation sites (tertiary alicyclic amines) is 1.